The number of benzene rings is 1. The first-order chi connectivity index (χ1) is 15.5. The molecule has 1 N–H and O–H groups in total. The third kappa shape index (κ3) is 5.09. The van der Waals surface area contributed by atoms with E-state index in [2.05, 4.69) is 10.2 Å². The lowest BCUT2D eigenvalue weighted by Crippen LogP contribution is -2.36. The number of imide groups is 1. The van der Waals surface area contributed by atoms with Gasteiger partial charge in [-0.15, -0.1) is 0 Å². The van der Waals surface area contributed by atoms with E-state index in [-0.39, 0.29) is 36.6 Å². The Kier molecular flexibility index (Phi) is 7.04. The maximum absolute atomic E-state index is 12.4. The van der Waals surface area contributed by atoms with Gasteiger partial charge in [-0.2, -0.15) is 0 Å². The molecule has 9 nitrogen and oxygen atoms in total. The molecule has 0 aromatic heterocycles. The fourth-order valence-corrected chi connectivity index (χ4v) is 4.65. The first kappa shape index (κ1) is 22.3. The molecule has 0 spiro atoms. The quantitative estimate of drug-likeness (QED) is 0.504. The van der Waals surface area contributed by atoms with Crippen molar-refractivity contribution < 1.29 is 28.7 Å². The monoisotopic (exact) mass is 443 g/mol. The second-order valence-electron chi connectivity index (χ2n) is 8.43. The smallest absolute Gasteiger partial charge is 0.308 e. The molecule has 32 heavy (non-hydrogen) atoms. The van der Waals surface area contributed by atoms with Gasteiger partial charge < -0.3 is 19.7 Å². The Morgan fingerprint density at radius 2 is 1.62 bits per heavy atom. The highest BCUT2D eigenvalue weighted by Gasteiger charge is 2.47. The van der Waals surface area contributed by atoms with Crippen molar-refractivity contribution in [2.75, 3.05) is 49.7 Å². The molecule has 2 aliphatic heterocycles. The molecule has 9 heteroatoms. The summed E-state index contributed by atoms with van der Waals surface area (Å²) in [5, 5.41) is 2.69. The Morgan fingerprint density at radius 3 is 2.25 bits per heavy atom. The topological polar surface area (TPSA) is 105 Å². The zero-order valence-corrected chi connectivity index (χ0v) is 18.1. The number of morpholine rings is 1. The minimum absolute atomic E-state index is 0.00806. The molecular formula is C23H29N3O6. The summed E-state index contributed by atoms with van der Waals surface area (Å²) in [7, 11) is 0. The van der Waals surface area contributed by atoms with Gasteiger partial charge in [0.15, 0.2) is 6.61 Å². The number of rotatable bonds is 7. The fraction of sp³-hybridized carbons (Fsp3) is 0.565. The number of anilines is 2. The van der Waals surface area contributed by atoms with Crippen molar-refractivity contribution in [3.63, 3.8) is 0 Å². The summed E-state index contributed by atoms with van der Waals surface area (Å²) < 4.78 is 10.4. The van der Waals surface area contributed by atoms with Crippen LogP contribution in [0, 0.1) is 11.8 Å². The number of amides is 3. The minimum Gasteiger partial charge on any atom is -0.456 e. The summed E-state index contributed by atoms with van der Waals surface area (Å²) in [4.78, 5) is 52.4. The molecule has 4 rings (SSSR count). The maximum atomic E-state index is 12.4. The number of hydrogen-bond donors (Lipinski definition) is 1. The first-order valence-corrected chi connectivity index (χ1v) is 11.3. The van der Waals surface area contributed by atoms with Gasteiger partial charge in [0.05, 0.1) is 31.5 Å². The van der Waals surface area contributed by atoms with Crippen molar-refractivity contribution in [3.8, 4) is 0 Å². The molecule has 2 unspecified atom stereocenters. The van der Waals surface area contributed by atoms with Gasteiger partial charge in [-0.1, -0.05) is 12.8 Å². The fourth-order valence-electron chi connectivity index (χ4n) is 4.65. The lowest BCUT2D eigenvalue weighted by molar-refractivity contribution is -0.148. The zero-order valence-electron chi connectivity index (χ0n) is 18.1. The molecule has 1 saturated carbocycles. The van der Waals surface area contributed by atoms with Crippen molar-refractivity contribution in [2.45, 2.75) is 32.1 Å². The molecule has 1 aliphatic carbocycles. The van der Waals surface area contributed by atoms with Crippen LogP contribution in [-0.4, -0.2) is 68.0 Å². The van der Waals surface area contributed by atoms with Gasteiger partial charge in [-0.05, 0) is 37.1 Å². The molecule has 172 valence electrons. The van der Waals surface area contributed by atoms with E-state index in [1.54, 1.807) is 12.1 Å². The number of carbonyl (C=O) groups is 4. The van der Waals surface area contributed by atoms with E-state index >= 15 is 0 Å². The molecule has 0 radical (unpaired) electrons. The number of hydrogen-bond acceptors (Lipinski definition) is 7. The zero-order chi connectivity index (χ0) is 22.5. The third-order valence-corrected chi connectivity index (χ3v) is 6.36. The van der Waals surface area contributed by atoms with Crippen LogP contribution in [0.25, 0.3) is 0 Å². The van der Waals surface area contributed by atoms with Gasteiger partial charge in [0, 0.05) is 31.0 Å². The van der Waals surface area contributed by atoms with E-state index in [1.165, 1.54) is 4.90 Å². The van der Waals surface area contributed by atoms with Crippen molar-refractivity contribution in [1.29, 1.82) is 0 Å². The van der Waals surface area contributed by atoms with E-state index in [0.717, 1.165) is 44.5 Å². The second kappa shape index (κ2) is 10.1. The maximum Gasteiger partial charge on any atom is 0.308 e. The van der Waals surface area contributed by atoms with Gasteiger partial charge in [0.1, 0.15) is 0 Å². The standard InChI is InChI=1S/C23H29N3O6/c27-20(24-16-5-7-17(8-6-16)25-11-13-31-14-12-25)15-32-21(28)9-10-26-22(29)18-3-1-2-4-19(18)23(26)30/h5-8,18-19H,1-4,9-15H2,(H,24,27). The van der Waals surface area contributed by atoms with Crippen LogP contribution in [0.15, 0.2) is 24.3 Å². The Bertz CT molecular complexity index is 841. The molecule has 2 atom stereocenters. The normalized spacial score (nSPS) is 23.1. The average Bonchev–Trinajstić information content (AvgIpc) is 3.07. The van der Waals surface area contributed by atoms with Gasteiger partial charge >= 0.3 is 5.97 Å². The summed E-state index contributed by atoms with van der Waals surface area (Å²) in [6, 6.07) is 7.45. The van der Waals surface area contributed by atoms with Gasteiger partial charge in [0.2, 0.25) is 11.8 Å². The van der Waals surface area contributed by atoms with E-state index in [0.29, 0.717) is 18.9 Å². The molecule has 2 heterocycles. The summed E-state index contributed by atoms with van der Waals surface area (Å²) >= 11 is 0. The summed E-state index contributed by atoms with van der Waals surface area (Å²) in [6.45, 7) is 2.65. The van der Waals surface area contributed by atoms with Gasteiger partial charge in [-0.3, -0.25) is 24.1 Å². The van der Waals surface area contributed by atoms with Crippen LogP contribution in [-0.2, 0) is 28.7 Å². The molecule has 3 amide bonds. The third-order valence-electron chi connectivity index (χ3n) is 6.36. The number of nitrogens with zero attached hydrogens (tertiary/aromatic N) is 2. The van der Waals surface area contributed by atoms with Crippen LogP contribution in [0.5, 0.6) is 0 Å². The molecule has 2 saturated heterocycles. The summed E-state index contributed by atoms with van der Waals surface area (Å²) in [5.41, 5.74) is 1.67. The van der Waals surface area contributed by atoms with Crippen LogP contribution in [0.2, 0.25) is 0 Å². The van der Waals surface area contributed by atoms with Crippen molar-refractivity contribution in [2.24, 2.45) is 11.8 Å². The molecule has 0 bridgehead atoms. The highest BCUT2D eigenvalue weighted by Crippen LogP contribution is 2.37. The predicted molar refractivity (Wildman–Crippen MR) is 116 cm³/mol. The first-order valence-electron chi connectivity index (χ1n) is 11.3. The Labute approximate surface area is 187 Å². The minimum atomic E-state index is -0.613. The van der Waals surface area contributed by atoms with E-state index in [1.807, 2.05) is 12.1 Å². The van der Waals surface area contributed by atoms with Crippen molar-refractivity contribution >= 4 is 35.1 Å². The predicted octanol–water partition coefficient (Wildman–Crippen LogP) is 1.57. The molecule has 1 aromatic rings. The molecule has 1 aromatic carbocycles. The molecular weight excluding hydrogens is 414 g/mol. The molecule has 3 aliphatic rings. The van der Waals surface area contributed by atoms with E-state index in [4.69, 9.17) is 9.47 Å². The van der Waals surface area contributed by atoms with Crippen LogP contribution in [0.3, 0.4) is 0 Å². The second-order valence-corrected chi connectivity index (χ2v) is 8.43. The number of nitrogens with one attached hydrogen (secondary N) is 1. The van der Waals surface area contributed by atoms with Crippen LogP contribution >= 0.6 is 0 Å². The van der Waals surface area contributed by atoms with Gasteiger partial charge in [0.25, 0.3) is 5.91 Å². The van der Waals surface area contributed by atoms with Crippen LogP contribution < -0.4 is 10.2 Å². The number of ether oxygens (including phenoxy) is 2. The largest absolute Gasteiger partial charge is 0.456 e. The average molecular weight is 444 g/mol. The Hall–Kier alpha value is -2.94. The number of fused-ring (bicyclic) bond motifs is 1. The van der Waals surface area contributed by atoms with E-state index in [9.17, 15) is 19.2 Å². The lowest BCUT2D eigenvalue weighted by atomic mass is 9.81. The number of likely N-dealkylation sites (tertiary alicyclic amines) is 1. The van der Waals surface area contributed by atoms with Gasteiger partial charge in [-0.25, -0.2) is 0 Å². The summed E-state index contributed by atoms with van der Waals surface area (Å²) in [6.07, 6.45) is 3.29. The van der Waals surface area contributed by atoms with Crippen LogP contribution in [0.1, 0.15) is 32.1 Å². The Balaban J connectivity index is 1.18. The SMILES string of the molecule is O=C(COC(=O)CCN1C(=O)C2CCCCC2C1=O)Nc1ccc(N2CCOCC2)cc1. The highest BCUT2D eigenvalue weighted by atomic mass is 16.5. The molecule has 3 fully saturated rings. The van der Waals surface area contributed by atoms with Crippen molar-refractivity contribution in [1.82, 2.24) is 4.90 Å². The number of carbonyl (C=O) groups excluding carboxylic acids is 4. The number of esters is 1. The lowest BCUT2D eigenvalue weighted by Gasteiger charge is -2.28. The Morgan fingerprint density at radius 1 is 1.00 bits per heavy atom. The van der Waals surface area contributed by atoms with E-state index < -0.39 is 18.5 Å². The highest BCUT2D eigenvalue weighted by molar-refractivity contribution is 6.05. The van der Waals surface area contributed by atoms with Crippen LogP contribution in [0.4, 0.5) is 11.4 Å². The summed E-state index contributed by atoms with van der Waals surface area (Å²) in [5.74, 6) is -1.87. The van der Waals surface area contributed by atoms with Crippen molar-refractivity contribution in [3.05, 3.63) is 24.3 Å².